The van der Waals surface area contributed by atoms with Gasteiger partial charge < -0.3 is 10.2 Å². The Hall–Kier alpha value is -1.85. The first kappa shape index (κ1) is 18.0. The smallest absolute Gasteiger partial charge is 0.257 e. The Kier molecular flexibility index (Phi) is 5.45. The number of rotatable bonds is 5. The highest BCUT2D eigenvalue weighted by Crippen LogP contribution is 2.26. The van der Waals surface area contributed by atoms with Gasteiger partial charge in [-0.05, 0) is 56.1 Å². The molecule has 5 nitrogen and oxygen atoms in total. The molecule has 1 fully saturated rings. The number of aromatic nitrogens is 2. The summed E-state index contributed by atoms with van der Waals surface area (Å²) in [5.74, 6) is 0.804. The van der Waals surface area contributed by atoms with Crippen molar-refractivity contribution < 1.29 is 4.79 Å². The van der Waals surface area contributed by atoms with Crippen molar-refractivity contribution in [2.24, 2.45) is 5.92 Å². The van der Waals surface area contributed by atoms with Gasteiger partial charge in [0.15, 0.2) is 0 Å². The number of hydrogen-bond acceptors (Lipinski definition) is 3. The van der Waals surface area contributed by atoms with Crippen LogP contribution in [0.25, 0.3) is 5.69 Å². The van der Waals surface area contributed by atoms with Gasteiger partial charge in [-0.3, -0.25) is 4.79 Å². The highest BCUT2D eigenvalue weighted by atomic mass is 35.5. The molecule has 3 rings (SSSR count). The molecule has 134 valence electrons. The van der Waals surface area contributed by atoms with Crippen molar-refractivity contribution in [3.8, 4) is 5.69 Å². The second-order valence-corrected chi connectivity index (χ2v) is 7.39. The molecule has 1 saturated heterocycles. The molecule has 0 bridgehead atoms. The zero-order valence-electron chi connectivity index (χ0n) is 15.0. The molecule has 25 heavy (non-hydrogen) atoms. The van der Waals surface area contributed by atoms with Gasteiger partial charge in [0.2, 0.25) is 0 Å². The zero-order valence-corrected chi connectivity index (χ0v) is 15.8. The normalized spacial score (nSPS) is 17.5. The molecule has 0 aliphatic carbocycles. The summed E-state index contributed by atoms with van der Waals surface area (Å²) in [5, 5.41) is 8.39. The monoisotopic (exact) mass is 360 g/mol. The van der Waals surface area contributed by atoms with Crippen molar-refractivity contribution in [1.29, 1.82) is 0 Å². The third-order valence-corrected chi connectivity index (χ3v) is 4.97. The number of carbonyl (C=O) groups is 1. The molecule has 1 aliphatic rings. The number of carbonyl (C=O) groups excluding carboxylic acids is 1. The molecule has 1 N–H and O–H groups in total. The summed E-state index contributed by atoms with van der Waals surface area (Å²) in [6.45, 7) is 6.75. The first-order valence-electron chi connectivity index (χ1n) is 8.79. The van der Waals surface area contributed by atoms with E-state index >= 15 is 0 Å². The maximum absolute atomic E-state index is 13.1. The van der Waals surface area contributed by atoms with Gasteiger partial charge in [0, 0.05) is 18.1 Å². The fourth-order valence-corrected chi connectivity index (χ4v) is 3.64. The summed E-state index contributed by atoms with van der Waals surface area (Å²) in [7, 11) is 1.96. The number of nitrogens with zero attached hydrogens (tertiary/aromatic N) is 3. The highest BCUT2D eigenvalue weighted by molar-refractivity contribution is 6.30. The maximum atomic E-state index is 13.1. The molecule has 0 radical (unpaired) electrons. The molecule has 1 aromatic carbocycles. The standard InChI is InChI=1S/C19H25ClN4O/c1-13(2)18-17(19(25)23-9-8-14(12-23)10-21-3)11-22-24(18)16-6-4-15(20)5-7-16/h4-7,11,13-14,21H,8-10,12H2,1-3H3/t14-/m1/s1. The minimum absolute atomic E-state index is 0.0857. The molecular formula is C19H25ClN4O. The van der Waals surface area contributed by atoms with Crippen LogP contribution in [0.3, 0.4) is 0 Å². The molecule has 1 aliphatic heterocycles. The molecule has 0 unspecified atom stereocenters. The molecule has 1 atom stereocenters. The zero-order chi connectivity index (χ0) is 18.0. The Labute approximate surface area is 154 Å². The van der Waals surface area contributed by atoms with Gasteiger partial charge in [0.25, 0.3) is 5.91 Å². The van der Waals surface area contributed by atoms with Gasteiger partial charge in [0.1, 0.15) is 0 Å². The van der Waals surface area contributed by atoms with Crippen molar-refractivity contribution in [1.82, 2.24) is 20.0 Å². The Morgan fingerprint density at radius 1 is 1.36 bits per heavy atom. The summed E-state index contributed by atoms with van der Waals surface area (Å²) in [6.07, 6.45) is 2.76. The van der Waals surface area contributed by atoms with E-state index in [4.69, 9.17) is 11.6 Å². The molecule has 2 aromatic rings. The highest BCUT2D eigenvalue weighted by Gasteiger charge is 2.30. The molecule has 0 spiro atoms. The van der Waals surface area contributed by atoms with Gasteiger partial charge in [-0.25, -0.2) is 4.68 Å². The van der Waals surface area contributed by atoms with Crippen LogP contribution >= 0.6 is 11.6 Å². The van der Waals surface area contributed by atoms with Gasteiger partial charge in [-0.1, -0.05) is 25.4 Å². The average Bonchev–Trinajstić information content (AvgIpc) is 3.22. The van der Waals surface area contributed by atoms with Crippen LogP contribution in [0.5, 0.6) is 0 Å². The number of hydrogen-bond donors (Lipinski definition) is 1. The summed E-state index contributed by atoms with van der Waals surface area (Å²) in [6, 6.07) is 7.53. The number of nitrogens with one attached hydrogen (secondary N) is 1. The van der Waals surface area contributed by atoms with Crippen LogP contribution in [0.2, 0.25) is 5.02 Å². The van der Waals surface area contributed by atoms with Crippen LogP contribution < -0.4 is 5.32 Å². The summed E-state index contributed by atoms with van der Waals surface area (Å²) < 4.78 is 1.86. The summed E-state index contributed by atoms with van der Waals surface area (Å²) in [5.41, 5.74) is 2.57. The van der Waals surface area contributed by atoms with Gasteiger partial charge in [0.05, 0.1) is 23.1 Å². The topological polar surface area (TPSA) is 50.2 Å². The Balaban J connectivity index is 1.89. The van der Waals surface area contributed by atoms with Gasteiger partial charge in [-0.2, -0.15) is 5.10 Å². The minimum Gasteiger partial charge on any atom is -0.338 e. The maximum Gasteiger partial charge on any atom is 0.257 e. The molecule has 0 saturated carbocycles. The first-order chi connectivity index (χ1) is 12.0. The van der Waals surface area contributed by atoms with E-state index in [1.165, 1.54) is 0 Å². The summed E-state index contributed by atoms with van der Waals surface area (Å²) in [4.78, 5) is 15.0. The minimum atomic E-state index is 0.0857. The first-order valence-corrected chi connectivity index (χ1v) is 9.16. The lowest BCUT2D eigenvalue weighted by molar-refractivity contribution is 0.0785. The SMILES string of the molecule is CNC[C@H]1CCN(C(=O)c2cnn(-c3ccc(Cl)cc3)c2C(C)C)C1. The van der Waals surface area contributed by atoms with Crippen molar-refractivity contribution in [2.75, 3.05) is 26.7 Å². The second-order valence-electron chi connectivity index (χ2n) is 6.95. The van der Waals surface area contributed by atoms with E-state index in [1.54, 1.807) is 6.20 Å². The lowest BCUT2D eigenvalue weighted by atomic mass is 10.0. The predicted octanol–water partition coefficient (Wildman–Crippen LogP) is 3.33. The Bertz CT molecular complexity index is 738. The molecule has 1 aromatic heterocycles. The van der Waals surface area contributed by atoms with E-state index in [0.29, 0.717) is 16.5 Å². The van der Waals surface area contributed by atoms with Crippen LogP contribution in [0.15, 0.2) is 30.5 Å². The largest absolute Gasteiger partial charge is 0.338 e. The predicted molar refractivity (Wildman–Crippen MR) is 101 cm³/mol. The number of halogens is 1. The van der Waals surface area contributed by atoms with Crippen LogP contribution in [-0.4, -0.2) is 47.3 Å². The second kappa shape index (κ2) is 7.58. The van der Waals surface area contributed by atoms with E-state index in [9.17, 15) is 4.79 Å². The third kappa shape index (κ3) is 3.72. The summed E-state index contributed by atoms with van der Waals surface area (Å²) >= 11 is 5.99. The Morgan fingerprint density at radius 3 is 2.72 bits per heavy atom. The van der Waals surface area contributed by atoms with Gasteiger partial charge >= 0.3 is 0 Å². The van der Waals surface area contributed by atoms with Crippen LogP contribution in [0.4, 0.5) is 0 Å². The molecule has 1 amide bonds. The van der Waals surface area contributed by atoms with E-state index < -0.39 is 0 Å². The lowest BCUT2D eigenvalue weighted by Crippen LogP contribution is -2.31. The van der Waals surface area contributed by atoms with Crippen molar-refractivity contribution in [3.05, 3.63) is 46.7 Å². The molecular weight excluding hydrogens is 336 g/mol. The fourth-order valence-electron chi connectivity index (χ4n) is 3.51. The quantitative estimate of drug-likeness (QED) is 0.889. The van der Waals surface area contributed by atoms with Crippen LogP contribution in [0.1, 0.15) is 42.2 Å². The van der Waals surface area contributed by atoms with Crippen LogP contribution in [0, 0.1) is 5.92 Å². The number of likely N-dealkylation sites (tertiary alicyclic amines) is 1. The van der Waals surface area contributed by atoms with Crippen molar-refractivity contribution in [3.63, 3.8) is 0 Å². The van der Waals surface area contributed by atoms with E-state index in [0.717, 1.165) is 37.4 Å². The molecule has 2 heterocycles. The molecule has 6 heteroatoms. The van der Waals surface area contributed by atoms with E-state index in [2.05, 4.69) is 24.3 Å². The Morgan fingerprint density at radius 2 is 2.08 bits per heavy atom. The number of benzene rings is 1. The third-order valence-electron chi connectivity index (χ3n) is 4.72. The van der Waals surface area contributed by atoms with E-state index in [1.807, 2.05) is 40.9 Å². The van der Waals surface area contributed by atoms with Crippen molar-refractivity contribution >= 4 is 17.5 Å². The van der Waals surface area contributed by atoms with Crippen LogP contribution in [-0.2, 0) is 0 Å². The lowest BCUT2D eigenvalue weighted by Gasteiger charge is -2.18. The van der Waals surface area contributed by atoms with Crippen molar-refractivity contribution in [2.45, 2.75) is 26.2 Å². The fraction of sp³-hybridized carbons (Fsp3) is 0.474. The van der Waals surface area contributed by atoms with E-state index in [-0.39, 0.29) is 11.8 Å². The number of amides is 1. The average molecular weight is 361 g/mol. The van der Waals surface area contributed by atoms with Gasteiger partial charge in [-0.15, -0.1) is 0 Å².